The maximum absolute atomic E-state index is 6.11. The highest BCUT2D eigenvalue weighted by atomic mass is 16.5. The molecule has 2 unspecified atom stereocenters. The fourth-order valence-electron chi connectivity index (χ4n) is 4.12. The van der Waals surface area contributed by atoms with E-state index in [4.69, 9.17) is 19.2 Å². The summed E-state index contributed by atoms with van der Waals surface area (Å²) in [7, 11) is 1.74. The number of nitrogens with zero attached hydrogens (tertiary/aromatic N) is 3. The number of rotatable bonds is 5. The van der Waals surface area contributed by atoms with Crippen molar-refractivity contribution in [3.63, 3.8) is 0 Å². The van der Waals surface area contributed by atoms with E-state index in [2.05, 4.69) is 11.2 Å². The third kappa shape index (κ3) is 2.40. The quantitative estimate of drug-likeness (QED) is 0.843. The van der Waals surface area contributed by atoms with E-state index in [9.17, 15) is 0 Å². The predicted molar refractivity (Wildman–Crippen MR) is 89.6 cm³/mol. The maximum atomic E-state index is 6.11. The average molecular weight is 331 g/mol. The maximum Gasteiger partial charge on any atom is 0.237 e. The summed E-state index contributed by atoms with van der Waals surface area (Å²) in [5.74, 6) is 1.35. The second-order valence-electron chi connectivity index (χ2n) is 7.59. The van der Waals surface area contributed by atoms with Gasteiger partial charge in [-0.1, -0.05) is 0 Å². The van der Waals surface area contributed by atoms with Gasteiger partial charge in [0.25, 0.3) is 0 Å². The lowest BCUT2D eigenvalue weighted by molar-refractivity contribution is -0.0659. The number of ether oxygens (including phenoxy) is 3. The van der Waals surface area contributed by atoms with Crippen LogP contribution >= 0.6 is 0 Å². The summed E-state index contributed by atoms with van der Waals surface area (Å²) in [5, 5.41) is 0. The smallest absolute Gasteiger partial charge is 0.237 e. The zero-order chi connectivity index (χ0) is 16.9. The van der Waals surface area contributed by atoms with Gasteiger partial charge in [0, 0.05) is 30.5 Å². The molecule has 1 aliphatic carbocycles. The fraction of sp³-hybridized carbons (Fsp3) is 0.667. The van der Waals surface area contributed by atoms with E-state index >= 15 is 0 Å². The normalized spacial score (nSPS) is 29.0. The van der Waals surface area contributed by atoms with E-state index in [1.165, 1.54) is 0 Å². The number of aromatic nitrogens is 3. The highest BCUT2D eigenvalue weighted by Gasteiger charge is 2.57. The third-order valence-corrected chi connectivity index (χ3v) is 5.26. The number of methoxy groups -OCH3 is 1. The monoisotopic (exact) mass is 331 g/mol. The summed E-state index contributed by atoms with van der Waals surface area (Å²) in [4.78, 5) is 9.42. The summed E-state index contributed by atoms with van der Waals surface area (Å²) in [5.41, 5.74) is 1.96. The number of hydrogen-bond acceptors (Lipinski definition) is 5. The molecule has 130 valence electrons. The van der Waals surface area contributed by atoms with Crippen LogP contribution in [-0.4, -0.2) is 46.4 Å². The highest BCUT2D eigenvalue weighted by Crippen LogP contribution is 2.53. The van der Waals surface area contributed by atoms with Crippen LogP contribution in [0.4, 0.5) is 0 Å². The molecule has 1 saturated heterocycles. The molecule has 3 heterocycles. The Balaban J connectivity index is 1.69. The van der Waals surface area contributed by atoms with E-state index in [1.54, 1.807) is 7.11 Å². The second kappa shape index (κ2) is 5.43. The highest BCUT2D eigenvalue weighted by molar-refractivity contribution is 5.40. The summed E-state index contributed by atoms with van der Waals surface area (Å²) < 4.78 is 19.3. The van der Waals surface area contributed by atoms with Gasteiger partial charge in [0.15, 0.2) is 0 Å². The molecular formula is C18H25N3O3. The van der Waals surface area contributed by atoms with Gasteiger partial charge >= 0.3 is 0 Å². The van der Waals surface area contributed by atoms with Crippen LogP contribution in [0.1, 0.15) is 44.4 Å². The van der Waals surface area contributed by atoms with E-state index in [0.29, 0.717) is 24.9 Å². The molecule has 4 rings (SSSR count). The Hall–Kier alpha value is -1.66. The first-order chi connectivity index (χ1) is 11.5. The molecule has 24 heavy (non-hydrogen) atoms. The summed E-state index contributed by atoms with van der Waals surface area (Å²) in [6.45, 7) is 7.40. The van der Waals surface area contributed by atoms with Crippen molar-refractivity contribution >= 4 is 5.78 Å². The summed E-state index contributed by atoms with van der Waals surface area (Å²) >= 11 is 0. The van der Waals surface area contributed by atoms with Crippen LogP contribution in [0.2, 0.25) is 0 Å². The molecule has 2 bridgehead atoms. The molecule has 2 aliphatic rings. The zero-order valence-electron chi connectivity index (χ0n) is 14.8. The molecule has 0 spiro atoms. The van der Waals surface area contributed by atoms with Crippen molar-refractivity contribution < 1.29 is 14.2 Å². The van der Waals surface area contributed by atoms with Gasteiger partial charge in [0.05, 0.1) is 30.6 Å². The number of fused-ring (bicyclic) bond motifs is 3. The standard InChI is InChI=1S/C18H25N3O3/c1-12(2)24-15-13(3)7-21-8-14(19-16(21)20-15)17-5-6-18(9-17,11-22-4)23-10-17/h7-8,12H,5-6,9-11H2,1-4H3. The lowest BCUT2D eigenvalue weighted by Crippen LogP contribution is -2.32. The SMILES string of the molecule is COCC12CCC(c3cn4cc(C)c(OC(C)C)nc4n3)(CO1)C2. The van der Waals surface area contributed by atoms with Gasteiger partial charge in [-0.2, -0.15) is 4.98 Å². The summed E-state index contributed by atoms with van der Waals surface area (Å²) in [6, 6.07) is 0. The Labute approximate surface area is 142 Å². The van der Waals surface area contributed by atoms with Gasteiger partial charge in [-0.15, -0.1) is 0 Å². The predicted octanol–water partition coefficient (Wildman–Crippen LogP) is 2.66. The molecule has 1 aliphatic heterocycles. The average Bonchev–Trinajstić information content (AvgIpc) is 3.19. The van der Waals surface area contributed by atoms with Crippen LogP contribution in [-0.2, 0) is 14.9 Å². The first-order valence-electron chi connectivity index (χ1n) is 8.62. The van der Waals surface area contributed by atoms with Crippen LogP contribution in [0, 0.1) is 6.92 Å². The molecule has 1 saturated carbocycles. The Kier molecular flexibility index (Phi) is 3.58. The van der Waals surface area contributed by atoms with Crippen LogP contribution in [0.5, 0.6) is 5.88 Å². The molecule has 2 aromatic rings. The van der Waals surface area contributed by atoms with Crippen molar-refractivity contribution in [3.8, 4) is 5.88 Å². The molecule has 2 atom stereocenters. The Bertz CT molecular complexity index is 760. The van der Waals surface area contributed by atoms with Crippen molar-refractivity contribution in [2.24, 2.45) is 0 Å². The Morgan fingerprint density at radius 2 is 2.12 bits per heavy atom. The lowest BCUT2D eigenvalue weighted by Gasteiger charge is -2.27. The van der Waals surface area contributed by atoms with Crippen molar-refractivity contribution in [2.75, 3.05) is 20.3 Å². The molecule has 2 aromatic heterocycles. The second-order valence-corrected chi connectivity index (χ2v) is 7.59. The van der Waals surface area contributed by atoms with Gasteiger partial charge in [-0.25, -0.2) is 4.98 Å². The van der Waals surface area contributed by atoms with E-state index in [-0.39, 0.29) is 17.1 Å². The number of aryl methyl sites for hydroxylation is 1. The molecule has 2 fully saturated rings. The lowest BCUT2D eigenvalue weighted by atomic mass is 9.84. The number of imidazole rings is 1. The fourth-order valence-corrected chi connectivity index (χ4v) is 4.12. The van der Waals surface area contributed by atoms with Crippen LogP contribution < -0.4 is 4.74 Å². The molecule has 0 N–H and O–H groups in total. The van der Waals surface area contributed by atoms with Crippen molar-refractivity contribution in [3.05, 3.63) is 23.7 Å². The number of hydrogen-bond donors (Lipinski definition) is 0. The molecular weight excluding hydrogens is 306 g/mol. The minimum absolute atomic E-state index is 0.000790. The molecule has 6 nitrogen and oxygen atoms in total. The van der Waals surface area contributed by atoms with Gasteiger partial charge in [0.1, 0.15) is 0 Å². The first-order valence-corrected chi connectivity index (χ1v) is 8.62. The minimum Gasteiger partial charge on any atom is -0.475 e. The van der Waals surface area contributed by atoms with E-state index < -0.39 is 0 Å². The Morgan fingerprint density at radius 1 is 1.29 bits per heavy atom. The van der Waals surface area contributed by atoms with E-state index in [0.717, 1.165) is 30.5 Å². The molecule has 6 heteroatoms. The van der Waals surface area contributed by atoms with Crippen molar-refractivity contribution in [1.29, 1.82) is 0 Å². The molecule has 0 aromatic carbocycles. The van der Waals surface area contributed by atoms with Gasteiger partial charge < -0.3 is 14.2 Å². The van der Waals surface area contributed by atoms with Crippen LogP contribution in [0.15, 0.2) is 12.4 Å². The topological polar surface area (TPSA) is 57.9 Å². The third-order valence-electron chi connectivity index (χ3n) is 5.26. The van der Waals surface area contributed by atoms with Crippen LogP contribution in [0.3, 0.4) is 0 Å². The molecule has 0 amide bonds. The first kappa shape index (κ1) is 15.8. The van der Waals surface area contributed by atoms with Crippen molar-refractivity contribution in [1.82, 2.24) is 14.4 Å². The zero-order valence-corrected chi connectivity index (χ0v) is 14.8. The van der Waals surface area contributed by atoms with E-state index in [1.807, 2.05) is 31.4 Å². The van der Waals surface area contributed by atoms with Crippen molar-refractivity contribution in [2.45, 2.75) is 57.2 Å². The van der Waals surface area contributed by atoms with Crippen LogP contribution in [0.25, 0.3) is 5.78 Å². The van der Waals surface area contributed by atoms with Gasteiger partial charge in [-0.05, 0) is 40.0 Å². The van der Waals surface area contributed by atoms with Gasteiger partial charge in [0.2, 0.25) is 11.7 Å². The Morgan fingerprint density at radius 3 is 2.79 bits per heavy atom. The minimum atomic E-state index is -0.125. The molecule has 0 radical (unpaired) electrons. The largest absolute Gasteiger partial charge is 0.475 e. The van der Waals surface area contributed by atoms with Gasteiger partial charge in [-0.3, -0.25) is 4.40 Å². The summed E-state index contributed by atoms with van der Waals surface area (Å²) in [6.07, 6.45) is 7.34.